The number of aromatic nitrogens is 2. The van der Waals surface area contributed by atoms with Gasteiger partial charge in [-0.05, 0) is 54.6 Å². The molecule has 3 aromatic rings. The van der Waals surface area contributed by atoms with Gasteiger partial charge in [0, 0.05) is 43.5 Å². The largest absolute Gasteiger partial charge is 0.497 e. The fraction of sp³-hybridized carbons (Fsp3) is 0.261. The molecule has 0 saturated carbocycles. The predicted molar refractivity (Wildman–Crippen MR) is 116 cm³/mol. The zero-order valence-electron chi connectivity index (χ0n) is 17.2. The molecule has 4 rings (SSSR count). The van der Waals surface area contributed by atoms with Crippen LogP contribution in [0.5, 0.6) is 5.75 Å². The van der Waals surface area contributed by atoms with Crippen LogP contribution < -0.4 is 15.2 Å². The molecule has 2 aromatic carbocycles. The summed E-state index contributed by atoms with van der Waals surface area (Å²) in [6.45, 7) is 2.24. The molecule has 0 bridgehead atoms. The number of rotatable bonds is 5. The normalized spacial score (nSPS) is 13.9. The van der Waals surface area contributed by atoms with E-state index in [0.29, 0.717) is 31.9 Å². The van der Waals surface area contributed by atoms with E-state index in [9.17, 15) is 14.0 Å². The molecule has 0 unspecified atom stereocenters. The van der Waals surface area contributed by atoms with Crippen molar-refractivity contribution < 1.29 is 13.9 Å². The first-order chi connectivity index (χ1) is 15.0. The van der Waals surface area contributed by atoms with Crippen LogP contribution in [-0.4, -0.2) is 53.9 Å². The molecule has 160 valence electrons. The van der Waals surface area contributed by atoms with Gasteiger partial charge in [-0.3, -0.25) is 9.59 Å². The van der Waals surface area contributed by atoms with Gasteiger partial charge in [0.2, 0.25) is 5.91 Å². The van der Waals surface area contributed by atoms with Crippen molar-refractivity contribution in [3.8, 4) is 17.0 Å². The topological polar surface area (TPSA) is 67.7 Å². The lowest BCUT2D eigenvalue weighted by atomic mass is 10.1. The molecule has 0 aliphatic carbocycles. The van der Waals surface area contributed by atoms with E-state index in [1.807, 2.05) is 24.3 Å². The van der Waals surface area contributed by atoms with Crippen LogP contribution in [-0.2, 0) is 11.3 Å². The molecule has 1 aromatic heterocycles. The molecular formula is C23H23FN4O3. The quantitative estimate of drug-likeness (QED) is 0.632. The van der Waals surface area contributed by atoms with Gasteiger partial charge >= 0.3 is 0 Å². The van der Waals surface area contributed by atoms with Gasteiger partial charge in [0.1, 0.15) is 18.1 Å². The maximum absolute atomic E-state index is 13.1. The standard InChI is InChI=1S/C23H23FN4O3/c1-31-20-8-2-17(3-9-20)21-10-11-22(29)28(25-21)16-23(30)27-14-12-26(13-15-27)19-6-4-18(24)5-7-19/h2-11H,12-16H2,1H3. The van der Waals surface area contributed by atoms with Gasteiger partial charge in [-0.2, -0.15) is 5.10 Å². The molecule has 0 N–H and O–H groups in total. The van der Waals surface area contributed by atoms with Crippen LogP contribution >= 0.6 is 0 Å². The van der Waals surface area contributed by atoms with Crippen LogP contribution in [0.15, 0.2) is 65.5 Å². The number of methoxy groups -OCH3 is 1. The summed E-state index contributed by atoms with van der Waals surface area (Å²) in [7, 11) is 1.60. The summed E-state index contributed by atoms with van der Waals surface area (Å²) in [4.78, 5) is 28.9. The number of hydrogen-bond donors (Lipinski definition) is 0. The molecular weight excluding hydrogens is 399 g/mol. The number of carbonyl (C=O) groups excluding carboxylic acids is 1. The van der Waals surface area contributed by atoms with Crippen LogP contribution in [0.4, 0.5) is 10.1 Å². The highest BCUT2D eigenvalue weighted by molar-refractivity contribution is 5.76. The van der Waals surface area contributed by atoms with Crippen molar-refractivity contribution in [1.82, 2.24) is 14.7 Å². The Morgan fingerprint density at radius 2 is 1.65 bits per heavy atom. The average molecular weight is 422 g/mol. The van der Waals surface area contributed by atoms with Crippen molar-refractivity contribution in [1.29, 1.82) is 0 Å². The summed E-state index contributed by atoms with van der Waals surface area (Å²) in [6, 6.07) is 16.7. The highest BCUT2D eigenvalue weighted by Gasteiger charge is 2.22. The Balaban J connectivity index is 1.41. The van der Waals surface area contributed by atoms with Crippen molar-refractivity contribution in [2.24, 2.45) is 0 Å². The number of halogens is 1. The van der Waals surface area contributed by atoms with Gasteiger partial charge in [0.15, 0.2) is 0 Å². The summed E-state index contributed by atoms with van der Waals surface area (Å²) in [5, 5.41) is 4.37. The fourth-order valence-electron chi connectivity index (χ4n) is 3.57. The summed E-state index contributed by atoms with van der Waals surface area (Å²) in [5.41, 5.74) is 2.04. The smallest absolute Gasteiger partial charge is 0.267 e. The fourth-order valence-corrected chi connectivity index (χ4v) is 3.57. The molecule has 1 aliphatic rings. The van der Waals surface area contributed by atoms with E-state index in [4.69, 9.17) is 4.74 Å². The number of anilines is 1. The van der Waals surface area contributed by atoms with Crippen LogP contribution in [0.1, 0.15) is 0 Å². The molecule has 0 radical (unpaired) electrons. The second kappa shape index (κ2) is 8.99. The lowest BCUT2D eigenvalue weighted by Crippen LogP contribution is -2.50. The second-order valence-corrected chi connectivity index (χ2v) is 7.29. The number of ether oxygens (including phenoxy) is 1. The lowest BCUT2D eigenvalue weighted by molar-refractivity contribution is -0.132. The van der Waals surface area contributed by atoms with E-state index >= 15 is 0 Å². The van der Waals surface area contributed by atoms with Crippen molar-refractivity contribution in [2.75, 3.05) is 38.2 Å². The molecule has 0 spiro atoms. The number of hydrogen-bond acceptors (Lipinski definition) is 5. The third-order valence-electron chi connectivity index (χ3n) is 5.36. The summed E-state index contributed by atoms with van der Waals surface area (Å²) >= 11 is 0. The molecule has 1 aliphatic heterocycles. The van der Waals surface area contributed by atoms with Gasteiger partial charge in [-0.1, -0.05) is 0 Å². The Labute approximate surface area is 179 Å². The summed E-state index contributed by atoms with van der Waals surface area (Å²) in [5.74, 6) is 0.305. The predicted octanol–water partition coefficient (Wildman–Crippen LogP) is 2.41. The SMILES string of the molecule is COc1ccc(-c2ccc(=O)n(CC(=O)N3CCN(c4ccc(F)cc4)CC3)n2)cc1. The van der Waals surface area contributed by atoms with Crippen molar-refractivity contribution in [3.05, 3.63) is 76.8 Å². The maximum Gasteiger partial charge on any atom is 0.267 e. The molecule has 1 saturated heterocycles. The Morgan fingerprint density at radius 3 is 2.29 bits per heavy atom. The highest BCUT2D eigenvalue weighted by atomic mass is 19.1. The average Bonchev–Trinajstić information content (AvgIpc) is 2.81. The minimum atomic E-state index is -0.324. The number of benzene rings is 2. The van der Waals surface area contributed by atoms with Crippen molar-refractivity contribution >= 4 is 11.6 Å². The van der Waals surface area contributed by atoms with Crippen LogP contribution in [0, 0.1) is 5.82 Å². The van der Waals surface area contributed by atoms with E-state index in [-0.39, 0.29) is 23.8 Å². The Kier molecular flexibility index (Phi) is 5.97. The summed E-state index contributed by atoms with van der Waals surface area (Å²) in [6.07, 6.45) is 0. The minimum Gasteiger partial charge on any atom is -0.497 e. The number of carbonyl (C=O) groups is 1. The monoisotopic (exact) mass is 422 g/mol. The van der Waals surface area contributed by atoms with Gasteiger partial charge in [0.25, 0.3) is 5.56 Å². The third-order valence-corrected chi connectivity index (χ3v) is 5.36. The Bertz CT molecular complexity index is 1100. The van der Waals surface area contributed by atoms with Crippen LogP contribution in [0.2, 0.25) is 0 Å². The zero-order chi connectivity index (χ0) is 21.8. The van der Waals surface area contributed by atoms with E-state index in [1.165, 1.54) is 22.9 Å². The van der Waals surface area contributed by atoms with Gasteiger partial charge in [-0.15, -0.1) is 0 Å². The molecule has 2 heterocycles. The van der Waals surface area contributed by atoms with E-state index in [2.05, 4.69) is 10.00 Å². The molecule has 31 heavy (non-hydrogen) atoms. The molecule has 8 heteroatoms. The minimum absolute atomic E-state index is 0.112. The zero-order valence-corrected chi connectivity index (χ0v) is 17.2. The molecule has 1 fully saturated rings. The molecule has 7 nitrogen and oxygen atoms in total. The van der Waals surface area contributed by atoms with Gasteiger partial charge < -0.3 is 14.5 Å². The highest BCUT2D eigenvalue weighted by Crippen LogP contribution is 2.20. The first-order valence-corrected chi connectivity index (χ1v) is 10.0. The first-order valence-electron chi connectivity index (χ1n) is 10.0. The summed E-state index contributed by atoms with van der Waals surface area (Å²) < 4.78 is 19.5. The number of piperazine rings is 1. The van der Waals surface area contributed by atoms with Gasteiger partial charge in [0.05, 0.1) is 12.8 Å². The van der Waals surface area contributed by atoms with Crippen molar-refractivity contribution in [2.45, 2.75) is 6.54 Å². The van der Waals surface area contributed by atoms with Crippen LogP contribution in [0.25, 0.3) is 11.3 Å². The Hall–Kier alpha value is -3.68. The third kappa shape index (κ3) is 4.74. The maximum atomic E-state index is 13.1. The lowest BCUT2D eigenvalue weighted by Gasteiger charge is -2.36. The Morgan fingerprint density at radius 1 is 0.968 bits per heavy atom. The van der Waals surface area contributed by atoms with E-state index in [0.717, 1.165) is 17.0 Å². The van der Waals surface area contributed by atoms with E-state index < -0.39 is 0 Å². The number of amides is 1. The second-order valence-electron chi connectivity index (χ2n) is 7.29. The molecule has 0 atom stereocenters. The van der Waals surface area contributed by atoms with Crippen molar-refractivity contribution in [3.63, 3.8) is 0 Å². The van der Waals surface area contributed by atoms with E-state index in [1.54, 1.807) is 30.2 Å². The van der Waals surface area contributed by atoms with Crippen LogP contribution in [0.3, 0.4) is 0 Å². The first kappa shape index (κ1) is 20.6. The van der Waals surface area contributed by atoms with Gasteiger partial charge in [-0.25, -0.2) is 9.07 Å². The number of nitrogens with zero attached hydrogens (tertiary/aromatic N) is 4. The molecule has 1 amide bonds.